The SMILES string of the molecule is CC1(C)CCCCC1NCc1ccc(C(N)=NO)cc1. The van der Waals surface area contributed by atoms with Crippen LogP contribution in [-0.4, -0.2) is 17.1 Å². The molecule has 1 aliphatic rings. The zero-order valence-electron chi connectivity index (χ0n) is 12.4. The maximum absolute atomic E-state index is 8.64. The van der Waals surface area contributed by atoms with Gasteiger partial charge in [-0.2, -0.15) is 0 Å². The van der Waals surface area contributed by atoms with Gasteiger partial charge in [-0.15, -0.1) is 0 Å². The first-order valence-electron chi connectivity index (χ1n) is 7.33. The summed E-state index contributed by atoms with van der Waals surface area (Å²) in [5, 5.41) is 15.3. The van der Waals surface area contributed by atoms with Gasteiger partial charge in [0.25, 0.3) is 0 Å². The highest BCUT2D eigenvalue weighted by Gasteiger charge is 2.31. The molecular formula is C16H25N3O. The molecule has 0 amide bonds. The summed E-state index contributed by atoms with van der Waals surface area (Å²) in [7, 11) is 0. The summed E-state index contributed by atoms with van der Waals surface area (Å²) in [4.78, 5) is 0. The minimum atomic E-state index is 0.151. The second-order valence-electron chi connectivity index (χ2n) is 6.35. The highest BCUT2D eigenvalue weighted by atomic mass is 16.4. The van der Waals surface area contributed by atoms with Crippen molar-refractivity contribution in [1.29, 1.82) is 0 Å². The van der Waals surface area contributed by atoms with Crippen LogP contribution in [0, 0.1) is 5.41 Å². The van der Waals surface area contributed by atoms with Gasteiger partial charge in [-0.3, -0.25) is 0 Å². The average molecular weight is 275 g/mol. The molecule has 1 atom stereocenters. The van der Waals surface area contributed by atoms with Gasteiger partial charge in [0.05, 0.1) is 0 Å². The molecule has 1 fully saturated rings. The standard InChI is InChI=1S/C16H25N3O/c1-16(2)10-4-3-5-14(16)18-11-12-6-8-13(9-7-12)15(17)19-20/h6-9,14,18,20H,3-5,10-11H2,1-2H3,(H2,17,19). The van der Waals surface area contributed by atoms with Crippen molar-refractivity contribution in [2.75, 3.05) is 0 Å². The molecule has 1 aromatic rings. The lowest BCUT2D eigenvalue weighted by atomic mass is 9.73. The molecule has 20 heavy (non-hydrogen) atoms. The van der Waals surface area contributed by atoms with Crippen LogP contribution in [0.1, 0.15) is 50.7 Å². The molecule has 0 saturated heterocycles. The Morgan fingerprint density at radius 2 is 2.05 bits per heavy atom. The number of benzene rings is 1. The minimum absolute atomic E-state index is 0.151. The largest absolute Gasteiger partial charge is 0.409 e. The second-order valence-corrected chi connectivity index (χ2v) is 6.35. The summed E-state index contributed by atoms with van der Waals surface area (Å²) in [6, 6.07) is 8.41. The van der Waals surface area contributed by atoms with Crippen LogP contribution in [0.15, 0.2) is 29.4 Å². The number of oxime groups is 1. The van der Waals surface area contributed by atoms with E-state index in [4.69, 9.17) is 10.9 Å². The maximum Gasteiger partial charge on any atom is 0.170 e. The zero-order chi connectivity index (χ0) is 14.6. The fraction of sp³-hybridized carbons (Fsp3) is 0.562. The van der Waals surface area contributed by atoms with Gasteiger partial charge >= 0.3 is 0 Å². The summed E-state index contributed by atoms with van der Waals surface area (Å²) in [5.41, 5.74) is 7.90. The van der Waals surface area contributed by atoms with Crippen LogP contribution in [0.5, 0.6) is 0 Å². The maximum atomic E-state index is 8.64. The van der Waals surface area contributed by atoms with E-state index in [1.165, 1.54) is 31.2 Å². The van der Waals surface area contributed by atoms with Crippen LogP contribution < -0.4 is 11.1 Å². The smallest absolute Gasteiger partial charge is 0.170 e. The van der Waals surface area contributed by atoms with Gasteiger partial charge in [0.15, 0.2) is 5.84 Å². The molecule has 1 aliphatic carbocycles. The van der Waals surface area contributed by atoms with Crippen LogP contribution in [0.4, 0.5) is 0 Å². The summed E-state index contributed by atoms with van der Waals surface area (Å²) < 4.78 is 0. The fourth-order valence-corrected chi connectivity index (χ4v) is 2.96. The molecule has 0 aliphatic heterocycles. The lowest BCUT2D eigenvalue weighted by Gasteiger charge is -2.39. The molecule has 2 rings (SSSR count). The monoisotopic (exact) mass is 275 g/mol. The first kappa shape index (κ1) is 14.9. The number of hydrogen-bond donors (Lipinski definition) is 3. The third kappa shape index (κ3) is 3.51. The lowest BCUT2D eigenvalue weighted by Crippen LogP contribution is -2.43. The Morgan fingerprint density at radius 3 is 2.65 bits per heavy atom. The Kier molecular flexibility index (Phi) is 4.65. The van der Waals surface area contributed by atoms with E-state index >= 15 is 0 Å². The van der Waals surface area contributed by atoms with Gasteiger partial charge in [-0.1, -0.05) is 56.1 Å². The van der Waals surface area contributed by atoms with Gasteiger partial charge in [0.2, 0.25) is 0 Å². The summed E-state index contributed by atoms with van der Waals surface area (Å²) >= 11 is 0. The summed E-state index contributed by atoms with van der Waals surface area (Å²) in [5.74, 6) is 0.151. The molecule has 1 unspecified atom stereocenters. The second kappa shape index (κ2) is 6.27. The van der Waals surface area contributed by atoms with E-state index in [-0.39, 0.29) is 5.84 Å². The molecule has 4 heteroatoms. The number of nitrogens with zero attached hydrogens (tertiary/aromatic N) is 1. The van der Waals surface area contributed by atoms with Gasteiger partial charge in [0.1, 0.15) is 0 Å². The normalized spacial score (nSPS) is 22.7. The van der Waals surface area contributed by atoms with Crippen molar-refractivity contribution in [3.63, 3.8) is 0 Å². The van der Waals surface area contributed by atoms with Crippen LogP contribution in [0.25, 0.3) is 0 Å². The number of hydrogen-bond acceptors (Lipinski definition) is 3. The minimum Gasteiger partial charge on any atom is -0.409 e. The molecule has 0 bridgehead atoms. The van der Waals surface area contributed by atoms with Crippen molar-refractivity contribution < 1.29 is 5.21 Å². The Labute approximate surface area is 121 Å². The number of amidine groups is 1. The van der Waals surface area contributed by atoms with Crippen molar-refractivity contribution >= 4 is 5.84 Å². The lowest BCUT2D eigenvalue weighted by molar-refractivity contribution is 0.167. The summed E-state index contributed by atoms with van der Waals surface area (Å²) in [6.07, 6.45) is 5.23. The summed E-state index contributed by atoms with van der Waals surface area (Å²) in [6.45, 7) is 5.57. The van der Waals surface area contributed by atoms with Crippen LogP contribution >= 0.6 is 0 Å². The predicted octanol–water partition coefficient (Wildman–Crippen LogP) is 2.84. The van der Waals surface area contributed by atoms with E-state index in [1.54, 1.807) is 0 Å². The van der Waals surface area contributed by atoms with Crippen molar-refractivity contribution in [2.45, 2.75) is 52.1 Å². The highest BCUT2D eigenvalue weighted by Crippen LogP contribution is 2.35. The van der Waals surface area contributed by atoms with Crippen LogP contribution in [0.2, 0.25) is 0 Å². The van der Waals surface area contributed by atoms with Crippen molar-refractivity contribution in [2.24, 2.45) is 16.3 Å². The predicted molar refractivity (Wildman–Crippen MR) is 81.8 cm³/mol. The average Bonchev–Trinajstić information content (AvgIpc) is 2.45. The molecule has 110 valence electrons. The Hall–Kier alpha value is -1.55. The van der Waals surface area contributed by atoms with Gasteiger partial charge < -0.3 is 16.3 Å². The van der Waals surface area contributed by atoms with E-state index in [0.29, 0.717) is 11.5 Å². The van der Waals surface area contributed by atoms with E-state index < -0.39 is 0 Å². The number of nitrogens with two attached hydrogens (primary N) is 1. The molecule has 0 spiro atoms. The number of rotatable bonds is 4. The Morgan fingerprint density at radius 1 is 1.35 bits per heavy atom. The molecule has 0 radical (unpaired) electrons. The quantitative estimate of drug-likeness (QED) is 0.342. The van der Waals surface area contributed by atoms with Crippen LogP contribution in [-0.2, 0) is 6.54 Å². The van der Waals surface area contributed by atoms with Gasteiger partial charge in [0, 0.05) is 18.2 Å². The highest BCUT2D eigenvalue weighted by molar-refractivity contribution is 5.96. The zero-order valence-corrected chi connectivity index (χ0v) is 12.4. The van der Waals surface area contributed by atoms with Crippen molar-refractivity contribution in [3.8, 4) is 0 Å². The molecule has 0 aromatic heterocycles. The third-order valence-corrected chi connectivity index (χ3v) is 4.42. The molecule has 1 saturated carbocycles. The third-order valence-electron chi connectivity index (χ3n) is 4.42. The first-order valence-corrected chi connectivity index (χ1v) is 7.33. The van der Waals surface area contributed by atoms with E-state index in [9.17, 15) is 0 Å². The molecule has 4 nitrogen and oxygen atoms in total. The van der Waals surface area contributed by atoms with E-state index in [2.05, 4.69) is 24.3 Å². The molecule has 0 heterocycles. The van der Waals surface area contributed by atoms with Crippen molar-refractivity contribution in [1.82, 2.24) is 5.32 Å². The van der Waals surface area contributed by atoms with E-state index in [0.717, 1.165) is 12.1 Å². The van der Waals surface area contributed by atoms with Crippen molar-refractivity contribution in [3.05, 3.63) is 35.4 Å². The Bertz CT molecular complexity index is 465. The molecule has 1 aromatic carbocycles. The molecular weight excluding hydrogens is 250 g/mol. The van der Waals surface area contributed by atoms with Gasteiger partial charge in [-0.25, -0.2) is 0 Å². The fourth-order valence-electron chi connectivity index (χ4n) is 2.96. The van der Waals surface area contributed by atoms with E-state index in [1.807, 2.05) is 24.3 Å². The van der Waals surface area contributed by atoms with Gasteiger partial charge in [-0.05, 0) is 23.8 Å². The number of nitrogens with one attached hydrogen (secondary N) is 1. The Balaban J connectivity index is 1.94. The van der Waals surface area contributed by atoms with Crippen LogP contribution in [0.3, 0.4) is 0 Å². The molecule has 4 N–H and O–H groups in total. The first-order chi connectivity index (χ1) is 9.53. The topological polar surface area (TPSA) is 70.6 Å².